The molecule has 0 spiro atoms. The summed E-state index contributed by atoms with van der Waals surface area (Å²) < 4.78 is 2.13. The average Bonchev–Trinajstić information content (AvgIpc) is 2.65. The average molecular weight is 210 g/mol. The third-order valence-corrected chi connectivity index (χ3v) is 2.80. The lowest BCUT2D eigenvalue weighted by Crippen LogP contribution is -2.28. The molecule has 1 aromatic heterocycles. The Kier molecular flexibility index (Phi) is 4.78. The summed E-state index contributed by atoms with van der Waals surface area (Å²) in [5.41, 5.74) is 6.72. The summed E-state index contributed by atoms with van der Waals surface area (Å²) in [5, 5.41) is 0. The summed E-state index contributed by atoms with van der Waals surface area (Å²) in [5.74, 6) is 0. The number of aromatic nitrogens is 2. The lowest BCUT2D eigenvalue weighted by molar-refractivity contribution is 0.265. The molecule has 0 amide bonds. The number of rotatable bonds is 6. The van der Waals surface area contributed by atoms with Gasteiger partial charge in [-0.25, -0.2) is 4.98 Å². The lowest BCUT2D eigenvalue weighted by Gasteiger charge is -2.20. The standard InChI is InChI=1S/C11H22N4/c1-10(2)14(3)5-4-6-15-9-13-8-11(15)7-12/h8-10H,4-7,12H2,1-3H3. The predicted molar refractivity (Wildman–Crippen MR) is 62.5 cm³/mol. The first-order chi connectivity index (χ1) is 7.15. The van der Waals surface area contributed by atoms with Gasteiger partial charge in [-0.1, -0.05) is 0 Å². The predicted octanol–water partition coefficient (Wildman–Crippen LogP) is 1.07. The number of nitrogens with two attached hydrogens (primary N) is 1. The van der Waals surface area contributed by atoms with Gasteiger partial charge in [0.25, 0.3) is 0 Å². The molecule has 1 aromatic rings. The van der Waals surface area contributed by atoms with Crippen molar-refractivity contribution in [2.75, 3.05) is 13.6 Å². The number of imidazole rings is 1. The molecule has 86 valence electrons. The maximum absolute atomic E-state index is 5.60. The van der Waals surface area contributed by atoms with Crippen LogP contribution in [0.15, 0.2) is 12.5 Å². The highest BCUT2D eigenvalue weighted by atomic mass is 15.1. The van der Waals surface area contributed by atoms with Crippen molar-refractivity contribution in [3.05, 3.63) is 18.2 Å². The van der Waals surface area contributed by atoms with Crippen LogP contribution in [0.5, 0.6) is 0 Å². The highest BCUT2D eigenvalue weighted by Crippen LogP contribution is 2.01. The quantitative estimate of drug-likeness (QED) is 0.764. The fraction of sp³-hybridized carbons (Fsp3) is 0.727. The number of hydrogen-bond acceptors (Lipinski definition) is 3. The van der Waals surface area contributed by atoms with Crippen LogP contribution in [0.1, 0.15) is 26.0 Å². The third-order valence-electron chi connectivity index (χ3n) is 2.80. The Bertz CT molecular complexity index is 280. The summed E-state index contributed by atoms with van der Waals surface area (Å²) >= 11 is 0. The normalized spacial score (nSPS) is 11.6. The molecular formula is C11H22N4. The van der Waals surface area contributed by atoms with Crippen LogP contribution in [0.2, 0.25) is 0 Å². The molecule has 0 saturated carbocycles. The van der Waals surface area contributed by atoms with Gasteiger partial charge in [-0.05, 0) is 33.9 Å². The van der Waals surface area contributed by atoms with Gasteiger partial charge in [-0.2, -0.15) is 0 Å². The Morgan fingerprint density at radius 2 is 2.27 bits per heavy atom. The largest absolute Gasteiger partial charge is 0.333 e. The van der Waals surface area contributed by atoms with E-state index in [4.69, 9.17) is 5.73 Å². The molecule has 1 heterocycles. The Balaban J connectivity index is 2.31. The number of nitrogens with zero attached hydrogens (tertiary/aromatic N) is 3. The van der Waals surface area contributed by atoms with Gasteiger partial charge in [0.2, 0.25) is 0 Å². The summed E-state index contributed by atoms with van der Waals surface area (Å²) in [6.45, 7) is 7.11. The van der Waals surface area contributed by atoms with Crippen molar-refractivity contribution in [3.8, 4) is 0 Å². The topological polar surface area (TPSA) is 47.1 Å². The van der Waals surface area contributed by atoms with Crippen molar-refractivity contribution in [1.29, 1.82) is 0 Å². The second kappa shape index (κ2) is 5.88. The van der Waals surface area contributed by atoms with E-state index in [1.54, 1.807) is 0 Å². The van der Waals surface area contributed by atoms with E-state index in [1.807, 2.05) is 12.5 Å². The lowest BCUT2D eigenvalue weighted by atomic mass is 10.3. The van der Waals surface area contributed by atoms with Crippen LogP contribution in [-0.4, -0.2) is 34.1 Å². The monoisotopic (exact) mass is 210 g/mol. The molecule has 0 aliphatic heterocycles. The highest BCUT2D eigenvalue weighted by Gasteiger charge is 2.03. The molecular weight excluding hydrogens is 188 g/mol. The fourth-order valence-corrected chi connectivity index (χ4v) is 1.47. The van der Waals surface area contributed by atoms with Crippen LogP contribution >= 0.6 is 0 Å². The molecule has 0 bridgehead atoms. The van der Waals surface area contributed by atoms with Crippen molar-refractivity contribution >= 4 is 0 Å². The molecule has 0 aromatic carbocycles. The van der Waals surface area contributed by atoms with Crippen molar-refractivity contribution < 1.29 is 0 Å². The van der Waals surface area contributed by atoms with Crippen LogP contribution in [0.3, 0.4) is 0 Å². The molecule has 0 aliphatic carbocycles. The molecule has 0 unspecified atom stereocenters. The molecule has 0 atom stereocenters. The molecule has 0 saturated heterocycles. The minimum absolute atomic E-state index is 0.569. The minimum Gasteiger partial charge on any atom is -0.333 e. The summed E-state index contributed by atoms with van der Waals surface area (Å²) in [4.78, 5) is 6.44. The smallest absolute Gasteiger partial charge is 0.0948 e. The molecule has 2 N–H and O–H groups in total. The van der Waals surface area contributed by atoms with Crippen molar-refractivity contribution in [2.24, 2.45) is 5.73 Å². The van der Waals surface area contributed by atoms with E-state index in [0.29, 0.717) is 12.6 Å². The highest BCUT2D eigenvalue weighted by molar-refractivity contribution is 4.96. The van der Waals surface area contributed by atoms with Crippen molar-refractivity contribution in [3.63, 3.8) is 0 Å². The van der Waals surface area contributed by atoms with Gasteiger partial charge in [0.1, 0.15) is 0 Å². The van der Waals surface area contributed by atoms with Gasteiger partial charge < -0.3 is 15.2 Å². The molecule has 0 fully saturated rings. The van der Waals surface area contributed by atoms with Gasteiger partial charge in [0.05, 0.1) is 12.0 Å². The Hall–Kier alpha value is -0.870. The summed E-state index contributed by atoms with van der Waals surface area (Å²) in [6.07, 6.45) is 4.84. The van der Waals surface area contributed by atoms with E-state index >= 15 is 0 Å². The Morgan fingerprint density at radius 1 is 1.53 bits per heavy atom. The number of hydrogen-bond donors (Lipinski definition) is 1. The maximum Gasteiger partial charge on any atom is 0.0948 e. The summed E-state index contributed by atoms with van der Waals surface area (Å²) in [7, 11) is 2.16. The van der Waals surface area contributed by atoms with Gasteiger partial charge in [0.15, 0.2) is 0 Å². The molecule has 4 heteroatoms. The van der Waals surface area contributed by atoms with E-state index in [-0.39, 0.29) is 0 Å². The molecule has 1 rings (SSSR count). The fourth-order valence-electron chi connectivity index (χ4n) is 1.47. The van der Waals surface area contributed by atoms with E-state index in [1.165, 1.54) is 0 Å². The van der Waals surface area contributed by atoms with E-state index in [0.717, 1.165) is 25.2 Å². The van der Waals surface area contributed by atoms with Gasteiger partial charge >= 0.3 is 0 Å². The second-order valence-electron chi connectivity index (χ2n) is 4.21. The van der Waals surface area contributed by atoms with Crippen molar-refractivity contribution in [1.82, 2.24) is 14.5 Å². The zero-order chi connectivity index (χ0) is 11.3. The van der Waals surface area contributed by atoms with Crippen LogP contribution in [0.4, 0.5) is 0 Å². The van der Waals surface area contributed by atoms with E-state index < -0.39 is 0 Å². The number of aryl methyl sites for hydroxylation is 1. The summed E-state index contributed by atoms with van der Waals surface area (Å²) in [6, 6.07) is 0.613. The van der Waals surface area contributed by atoms with Crippen LogP contribution < -0.4 is 5.73 Å². The van der Waals surface area contributed by atoms with Gasteiger partial charge in [-0.15, -0.1) is 0 Å². The van der Waals surface area contributed by atoms with Crippen LogP contribution in [0, 0.1) is 0 Å². The molecule has 0 aliphatic rings. The Morgan fingerprint density at radius 3 is 2.87 bits per heavy atom. The molecule has 15 heavy (non-hydrogen) atoms. The van der Waals surface area contributed by atoms with Crippen LogP contribution in [0.25, 0.3) is 0 Å². The Labute approximate surface area is 92.1 Å². The van der Waals surface area contributed by atoms with E-state index in [9.17, 15) is 0 Å². The first kappa shape index (κ1) is 12.2. The first-order valence-electron chi connectivity index (χ1n) is 5.54. The third kappa shape index (κ3) is 3.64. The maximum atomic E-state index is 5.60. The van der Waals surface area contributed by atoms with Crippen molar-refractivity contribution in [2.45, 2.75) is 39.4 Å². The second-order valence-corrected chi connectivity index (χ2v) is 4.21. The first-order valence-corrected chi connectivity index (χ1v) is 5.54. The van der Waals surface area contributed by atoms with Gasteiger partial charge in [0, 0.05) is 25.3 Å². The molecule has 4 nitrogen and oxygen atoms in total. The zero-order valence-electron chi connectivity index (χ0n) is 9.98. The van der Waals surface area contributed by atoms with Gasteiger partial charge in [-0.3, -0.25) is 0 Å². The SMILES string of the molecule is CC(C)N(C)CCCn1cncc1CN. The van der Waals surface area contributed by atoms with E-state index in [2.05, 4.69) is 35.3 Å². The molecule has 0 radical (unpaired) electrons. The minimum atomic E-state index is 0.569. The van der Waals surface area contributed by atoms with Crippen LogP contribution in [-0.2, 0) is 13.1 Å². The zero-order valence-corrected chi connectivity index (χ0v) is 9.98.